The van der Waals surface area contributed by atoms with E-state index in [-0.39, 0.29) is 0 Å². The van der Waals surface area contributed by atoms with Gasteiger partial charge in [-0.2, -0.15) is 13.2 Å². The van der Waals surface area contributed by atoms with Crippen LogP contribution in [0.15, 0.2) is 0 Å². The number of hydrogen-bond donors (Lipinski definition) is 0. The molecular formula is C3HF3O2. The van der Waals surface area contributed by atoms with Crippen molar-refractivity contribution in [1.82, 2.24) is 0 Å². The van der Waals surface area contributed by atoms with Gasteiger partial charge in [0.15, 0.2) is 7.11 Å². The molecule has 2 radical (unpaired) electrons. The Morgan fingerprint density at radius 1 is 1.50 bits per heavy atom. The first-order valence-electron chi connectivity index (χ1n) is 1.46. The van der Waals surface area contributed by atoms with Gasteiger partial charge < -0.3 is 4.74 Å². The van der Waals surface area contributed by atoms with Crippen molar-refractivity contribution >= 4 is 5.97 Å². The normalized spacial score (nSPS) is 11.0. The summed E-state index contributed by atoms with van der Waals surface area (Å²) in [4.78, 5) is 9.36. The molecule has 2 nitrogen and oxygen atoms in total. The van der Waals surface area contributed by atoms with Crippen LogP contribution in [0.5, 0.6) is 0 Å². The summed E-state index contributed by atoms with van der Waals surface area (Å²) in [6.45, 7) is 0. The lowest BCUT2D eigenvalue weighted by molar-refractivity contribution is -0.194. The minimum atomic E-state index is -4.98. The maximum atomic E-state index is 10.9. The average Bonchev–Trinajstić information content (AvgIpc) is 1.62. The summed E-state index contributed by atoms with van der Waals surface area (Å²) < 4.78 is 35.5. The van der Waals surface area contributed by atoms with Gasteiger partial charge >= 0.3 is 12.1 Å². The van der Waals surface area contributed by atoms with Crippen LogP contribution in [0.25, 0.3) is 0 Å². The van der Waals surface area contributed by atoms with Gasteiger partial charge in [-0.25, -0.2) is 4.79 Å². The number of carbonyl (C=O) groups excluding carboxylic acids is 1. The zero-order valence-corrected chi connectivity index (χ0v) is 3.53. The van der Waals surface area contributed by atoms with Crippen LogP contribution in [0.4, 0.5) is 13.2 Å². The van der Waals surface area contributed by atoms with Crippen LogP contribution >= 0.6 is 0 Å². The molecule has 0 fully saturated rings. The topological polar surface area (TPSA) is 26.3 Å². The molecule has 46 valence electrons. The Balaban J connectivity index is 3.82. The molecule has 0 aliphatic carbocycles. The van der Waals surface area contributed by atoms with Gasteiger partial charge in [0.05, 0.1) is 0 Å². The summed E-state index contributed by atoms with van der Waals surface area (Å²) in [6, 6.07) is 0. The molecule has 8 heavy (non-hydrogen) atoms. The first-order chi connectivity index (χ1) is 3.48. The number of hydrogen-bond acceptors (Lipinski definition) is 2. The Morgan fingerprint density at radius 3 is 1.88 bits per heavy atom. The van der Waals surface area contributed by atoms with E-state index in [1.165, 1.54) is 0 Å². The molecule has 0 aromatic carbocycles. The summed E-state index contributed by atoms with van der Waals surface area (Å²) in [7, 11) is 3.89. The first kappa shape index (κ1) is 7.26. The van der Waals surface area contributed by atoms with Gasteiger partial charge in [-0.05, 0) is 0 Å². The van der Waals surface area contributed by atoms with Crippen LogP contribution in [-0.2, 0) is 9.53 Å². The van der Waals surface area contributed by atoms with E-state index in [1.54, 1.807) is 0 Å². The molecule has 0 unspecified atom stereocenters. The highest BCUT2D eigenvalue weighted by atomic mass is 19.4. The third kappa shape index (κ3) is 1.81. The van der Waals surface area contributed by atoms with Crippen molar-refractivity contribution in [2.45, 2.75) is 6.18 Å². The largest absolute Gasteiger partial charge is 0.490 e. The van der Waals surface area contributed by atoms with Crippen molar-refractivity contribution in [3.05, 3.63) is 7.11 Å². The molecule has 5 heteroatoms. The molecule has 0 aliphatic rings. The minimum Gasteiger partial charge on any atom is -0.447 e. The summed E-state index contributed by atoms with van der Waals surface area (Å²) in [5.41, 5.74) is 0. The monoisotopic (exact) mass is 126 g/mol. The fraction of sp³-hybridized carbons (Fsp3) is 0.333. The lowest BCUT2D eigenvalue weighted by Crippen LogP contribution is -2.22. The number of ether oxygens (including phenoxy) is 1. The first-order valence-corrected chi connectivity index (χ1v) is 1.46. The molecule has 0 saturated heterocycles. The van der Waals surface area contributed by atoms with Crippen LogP contribution in [0.3, 0.4) is 0 Å². The maximum Gasteiger partial charge on any atom is 0.490 e. The van der Waals surface area contributed by atoms with E-state index in [1.807, 2.05) is 0 Å². The molecule has 0 aromatic heterocycles. The van der Waals surface area contributed by atoms with Crippen LogP contribution < -0.4 is 0 Å². The number of carbonyl (C=O) groups is 1. The molecular weight excluding hydrogens is 125 g/mol. The quantitative estimate of drug-likeness (QED) is 0.448. The smallest absolute Gasteiger partial charge is 0.447 e. The second kappa shape index (κ2) is 2.02. The van der Waals surface area contributed by atoms with Crippen LogP contribution in [0.1, 0.15) is 0 Å². The second-order valence-corrected chi connectivity index (χ2v) is 0.903. The molecule has 0 amide bonds. The molecule has 0 atom stereocenters. The summed E-state index contributed by atoms with van der Waals surface area (Å²) >= 11 is 0. The average molecular weight is 126 g/mol. The molecule has 0 N–H and O–H groups in total. The molecule has 0 heterocycles. The fourth-order valence-electron chi connectivity index (χ4n) is 0.0668. The Kier molecular flexibility index (Phi) is 1.83. The van der Waals surface area contributed by atoms with Gasteiger partial charge in [-0.3, -0.25) is 0 Å². The van der Waals surface area contributed by atoms with Crippen LogP contribution in [0.2, 0.25) is 0 Å². The predicted molar refractivity (Wildman–Crippen MR) is 16.4 cm³/mol. The Morgan fingerprint density at radius 2 is 1.88 bits per heavy atom. The molecule has 0 bridgehead atoms. The number of rotatable bonds is 0. The predicted octanol–water partition coefficient (Wildman–Crippen LogP) is 0.760. The Bertz CT molecular complexity index is 95.2. The second-order valence-electron chi connectivity index (χ2n) is 0.903. The van der Waals surface area contributed by atoms with Gasteiger partial charge in [0.2, 0.25) is 0 Å². The van der Waals surface area contributed by atoms with Crippen molar-refractivity contribution < 1.29 is 22.7 Å². The highest BCUT2D eigenvalue weighted by Crippen LogP contribution is 2.15. The van der Waals surface area contributed by atoms with E-state index in [0.717, 1.165) is 0 Å². The third-order valence-electron chi connectivity index (χ3n) is 0.338. The summed E-state index contributed by atoms with van der Waals surface area (Å²) in [5.74, 6) is -2.39. The van der Waals surface area contributed by atoms with E-state index >= 15 is 0 Å². The molecule has 0 saturated carbocycles. The van der Waals surface area contributed by atoms with E-state index < -0.39 is 12.1 Å². The van der Waals surface area contributed by atoms with Crippen molar-refractivity contribution in [1.29, 1.82) is 0 Å². The van der Waals surface area contributed by atoms with E-state index in [2.05, 4.69) is 11.8 Å². The standard InChI is InChI=1S/C3HF3O2/c1-8-2(7)3(4,5)6/h1H. The maximum absolute atomic E-state index is 10.9. The molecule has 0 aliphatic heterocycles. The number of alkyl halides is 3. The summed E-state index contributed by atoms with van der Waals surface area (Å²) in [5, 5.41) is 0. The SMILES string of the molecule is [CH]OC(=O)C(F)(F)F. The highest BCUT2D eigenvalue weighted by Gasteiger charge is 2.40. The molecule has 0 rings (SSSR count). The van der Waals surface area contributed by atoms with Gasteiger partial charge in [0.25, 0.3) is 0 Å². The van der Waals surface area contributed by atoms with Crippen molar-refractivity contribution in [3.63, 3.8) is 0 Å². The zero-order valence-electron chi connectivity index (χ0n) is 3.53. The van der Waals surface area contributed by atoms with Crippen molar-refractivity contribution in [2.24, 2.45) is 0 Å². The highest BCUT2D eigenvalue weighted by molar-refractivity contribution is 5.75. The third-order valence-corrected chi connectivity index (χ3v) is 0.338. The fourth-order valence-corrected chi connectivity index (χ4v) is 0.0668. The van der Waals surface area contributed by atoms with Crippen molar-refractivity contribution in [3.8, 4) is 0 Å². The number of esters is 1. The lowest BCUT2D eigenvalue weighted by atomic mass is 10.7. The zero-order chi connectivity index (χ0) is 6.78. The Labute approximate surface area is 43.2 Å². The van der Waals surface area contributed by atoms with Gasteiger partial charge in [0.1, 0.15) is 0 Å². The number of halogens is 3. The molecule has 0 aromatic rings. The van der Waals surface area contributed by atoms with E-state index in [0.29, 0.717) is 0 Å². The minimum absolute atomic E-state index is 2.39. The van der Waals surface area contributed by atoms with Crippen LogP contribution in [0, 0.1) is 7.11 Å². The summed E-state index contributed by atoms with van der Waals surface area (Å²) in [6.07, 6.45) is -4.98. The van der Waals surface area contributed by atoms with E-state index in [4.69, 9.17) is 0 Å². The van der Waals surface area contributed by atoms with Crippen LogP contribution in [-0.4, -0.2) is 12.1 Å². The Hall–Kier alpha value is -0.740. The lowest BCUT2D eigenvalue weighted by Gasteiger charge is -1.99. The van der Waals surface area contributed by atoms with Gasteiger partial charge in [0, 0.05) is 0 Å². The van der Waals surface area contributed by atoms with Gasteiger partial charge in [-0.1, -0.05) is 0 Å². The molecule has 0 spiro atoms. The van der Waals surface area contributed by atoms with Gasteiger partial charge in [-0.15, -0.1) is 0 Å². The van der Waals surface area contributed by atoms with E-state index in [9.17, 15) is 18.0 Å². The van der Waals surface area contributed by atoms with Crippen molar-refractivity contribution in [2.75, 3.05) is 0 Å².